The van der Waals surface area contributed by atoms with Crippen molar-refractivity contribution in [1.82, 2.24) is 5.32 Å². The molecule has 0 radical (unpaired) electrons. The summed E-state index contributed by atoms with van der Waals surface area (Å²) in [7, 11) is 0. The van der Waals surface area contributed by atoms with Crippen LogP contribution in [0.3, 0.4) is 0 Å². The smallest absolute Gasteiger partial charge is 0.251 e. The minimum atomic E-state index is -0.189. The monoisotopic (exact) mass is 348 g/mol. The normalized spacial score (nSPS) is 19.4. The van der Waals surface area contributed by atoms with Crippen LogP contribution in [0.4, 0.5) is 5.69 Å². The van der Waals surface area contributed by atoms with Gasteiger partial charge < -0.3 is 5.32 Å². The summed E-state index contributed by atoms with van der Waals surface area (Å²) in [5.41, 5.74) is 3.54. The zero-order valence-corrected chi connectivity index (χ0v) is 14.4. The quantitative estimate of drug-likeness (QED) is 0.867. The average Bonchev–Trinajstić information content (AvgIpc) is 3.00. The summed E-state index contributed by atoms with van der Waals surface area (Å²) in [5, 5.41) is 3.11. The maximum atomic E-state index is 12.6. The van der Waals surface area contributed by atoms with E-state index >= 15 is 0 Å². The summed E-state index contributed by atoms with van der Waals surface area (Å²) >= 11 is 0. The molecule has 1 N–H and O–H groups in total. The van der Waals surface area contributed by atoms with Crippen LogP contribution in [-0.2, 0) is 16.0 Å². The first-order valence-corrected chi connectivity index (χ1v) is 8.98. The van der Waals surface area contributed by atoms with Crippen LogP contribution in [0.15, 0.2) is 48.5 Å². The molecule has 0 spiro atoms. The summed E-state index contributed by atoms with van der Waals surface area (Å²) in [6.07, 6.45) is 3.54. The van der Waals surface area contributed by atoms with Crippen molar-refractivity contribution in [3.63, 3.8) is 0 Å². The van der Waals surface area contributed by atoms with Gasteiger partial charge in [-0.05, 0) is 54.7 Å². The molecular weight excluding hydrogens is 328 g/mol. The van der Waals surface area contributed by atoms with E-state index in [1.54, 1.807) is 24.3 Å². The van der Waals surface area contributed by atoms with Crippen LogP contribution < -0.4 is 10.2 Å². The number of carbonyl (C=O) groups is 3. The van der Waals surface area contributed by atoms with Gasteiger partial charge in [0.25, 0.3) is 5.91 Å². The van der Waals surface area contributed by atoms with Crippen molar-refractivity contribution in [2.24, 2.45) is 0 Å². The van der Waals surface area contributed by atoms with Gasteiger partial charge in [0.2, 0.25) is 11.8 Å². The van der Waals surface area contributed by atoms with Gasteiger partial charge in [-0.25, -0.2) is 0 Å². The molecule has 26 heavy (non-hydrogen) atoms. The van der Waals surface area contributed by atoms with Crippen molar-refractivity contribution in [1.29, 1.82) is 0 Å². The Hall–Kier alpha value is -2.95. The van der Waals surface area contributed by atoms with E-state index in [1.165, 1.54) is 16.0 Å². The molecule has 0 bridgehead atoms. The Kier molecular flexibility index (Phi) is 4.29. The molecule has 1 aliphatic heterocycles. The summed E-state index contributed by atoms with van der Waals surface area (Å²) < 4.78 is 0. The number of nitrogens with one attached hydrogen (secondary N) is 1. The highest BCUT2D eigenvalue weighted by atomic mass is 16.2. The number of imide groups is 1. The van der Waals surface area contributed by atoms with E-state index in [2.05, 4.69) is 17.4 Å². The maximum absolute atomic E-state index is 12.6. The topological polar surface area (TPSA) is 66.5 Å². The molecule has 2 aromatic carbocycles. The lowest BCUT2D eigenvalue weighted by molar-refractivity contribution is -0.121. The maximum Gasteiger partial charge on any atom is 0.251 e. The Morgan fingerprint density at radius 1 is 0.923 bits per heavy atom. The van der Waals surface area contributed by atoms with E-state index in [1.807, 2.05) is 12.1 Å². The fraction of sp³-hybridized carbons (Fsp3) is 0.286. The molecule has 0 aromatic heterocycles. The standard InChI is InChI=1S/C21H20N2O3/c24-19-12-13-20(25)23(19)16-10-8-15(9-11-16)21(26)22-18-7-3-5-14-4-1-2-6-17(14)18/h1-2,4,6,8-11,18H,3,5,7,12-13H2,(H,22,26)/t18-/m0/s1. The number of nitrogens with zero attached hydrogens (tertiary/aromatic N) is 1. The lowest BCUT2D eigenvalue weighted by Gasteiger charge is -2.26. The number of benzene rings is 2. The van der Waals surface area contributed by atoms with Gasteiger partial charge in [-0.3, -0.25) is 19.3 Å². The number of fused-ring (bicyclic) bond motifs is 1. The van der Waals surface area contributed by atoms with Crippen molar-refractivity contribution in [2.75, 3.05) is 4.90 Å². The van der Waals surface area contributed by atoms with Gasteiger partial charge in [0, 0.05) is 18.4 Å². The Labute approximate surface area is 152 Å². The molecule has 132 valence electrons. The molecule has 1 aliphatic carbocycles. The Morgan fingerprint density at radius 2 is 1.62 bits per heavy atom. The molecule has 1 atom stereocenters. The van der Waals surface area contributed by atoms with E-state index in [-0.39, 0.29) is 36.6 Å². The molecule has 5 heteroatoms. The van der Waals surface area contributed by atoms with E-state index in [0.29, 0.717) is 11.3 Å². The Bertz CT molecular complexity index is 857. The van der Waals surface area contributed by atoms with Crippen LogP contribution in [0.5, 0.6) is 0 Å². The number of rotatable bonds is 3. The summed E-state index contributed by atoms with van der Waals surface area (Å²) in [4.78, 5) is 37.4. The first-order valence-electron chi connectivity index (χ1n) is 8.98. The van der Waals surface area contributed by atoms with E-state index in [0.717, 1.165) is 19.3 Å². The molecule has 2 aliphatic rings. The molecule has 0 unspecified atom stereocenters. The van der Waals surface area contributed by atoms with Crippen molar-refractivity contribution < 1.29 is 14.4 Å². The second kappa shape index (κ2) is 6.75. The zero-order chi connectivity index (χ0) is 18.1. The average molecular weight is 348 g/mol. The van der Waals surface area contributed by atoms with Crippen LogP contribution >= 0.6 is 0 Å². The highest BCUT2D eigenvalue weighted by Crippen LogP contribution is 2.30. The molecular formula is C21H20N2O3. The number of amides is 3. The van der Waals surface area contributed by atoms with E-state index in [9.17, 15) is 14.4 Å². The van der Waals surface area contributed by atoms with Gasteiger partial charge in [0.15, 0.2) is 0 Å². The highest BCUT2D eigenvalue weighted by Gasteiger charge is 2.30. The number of aryl methyl sites for hydroxylation is 1. The lowest BCUT2D eigenvalue weighted by Crippen LogP contribution is -2.31. The second-order valence-electron chi connectivity index (χ2n) is 6.79. The third kappa shape index (κ3) is 3.01. The first kappa shape index (κ1) is 16.5. The predicted molar refractivity (Wildman–Crippen MR) is 97.8 cm³/mol. The van der Waals surface area contributed by atoms with Crippen LogP contribution in [0.1, 0.15) is 53.2 Å². The van der Waals surface area contributed by atoms with Gasteiger partial charge in [-0.2, -0.15) is 0 Å². The van der Waals surface area contributed by atoms with Gasteiger partial charge in [-0.15, -0.1) is 0 Å². The Balaban J connectivity index is 1.49. The molecule has 3 amide bonds. The number of hydrogen-bond donors (Lipinski definition) is 1. The van der Waals surface area contributed by atoms with Crippen LogP contribution in [0.25, 0.3) is 0 Å². The third-order valence-corrected chi connectivity index (χ3v) is 5.11. The molecule has 1 saturated heterocycles. The summed E-state index contributed by atoms with van der Waals surface area (Å²) in [5.74, 6) is -0.519. The van der Waals surface area contributed by atoms with Crippen LogP contribution in [0.2, 0.25) is 0 Å². The molecule has 1 fully saturated rings. The minimum Gasteiger partial charge on any atom is -0.345 e. The number of anilines is 1. The summed E-state index contributed by atoms with van der Waals surface area (Å²) in [6.45, 7) is 0. The SMILES string of the molecule is O=C(N[C@H]1CCCc2ccccc21)c1ccc(N2C(=O)CCC2=O)cc1. The van der Waals surface area contributed by atoms with Crippen LogP contribution in [-0.4, -0.2) is 17.7 Å². The fourth-order valence-electron chi connectivity index (χ4n) is 3.77. The highest BCUT2D eigenvalue weighted by molar-refractivity contribution is 6.19. The molecule has 1 heterocycles. The predicted octanol–water partition coefficient (Wildman–Crippen LogP) is 3.15. The molecule has 0 saturated carbocycles. The lowest BCUT2D eigenvalue weighted by atomic mass is 9.87. The van der Waals surface area contributed by atoms with Gasteiger partial charge in [-0.1, -0.05) is 24.3 Å². The van der Waals surface area contributed by atoms with Crippen molar-refractivity contribution in [3.05, 3.63) is 65.2 Å². The Morgan fingerprint density at radius 3 is 2.35 bits per heavy atom. The first-order chi connectivity index (χ1) is 12.6. The fourth-order valence-corrected chi connectivity index (χ4v) is 3.77. The molecule has 2 aromatic rings. The summed E-state index contributed by atoms with van der Waals surface area (Å²) in [6, 6.07) is 14.9. The molecule has 5 nitrogen and oxygen atoms in total. The second-order valence-corrected chi connectivity index (χ2v) is 6.79. The number of carbonyl (C=O) groups excluding carboxylic acids is 3. The van der Waals surface area contributed by atoms with Gasteiger partial charge in [0.1, 0.15) is 0 Å². The van der Waals surface area contributed by atoms with E-state index < -0.39 is 0 Å². The van der Waals surface area contributed by atoms with Gasteiger partial charge in [0.05, 0.1) is 11.7 Å². The third-order valence-electron chi connectivity index (χ3n) is 5.11. The minimum absolute atomic E-state index is 0.0221. The van der Waals surface area contributed by atoms with Crippen LogP contribution in [0, 0.1) is 0 Å². The van der Waals surface area contributed by atoms with Gasteiger partial charge >= 0.3 is 0 Å². The van der Waals surface area contributed by atoms with Crippen molar-refractivity contribution >= 4 is 23.4 Å². The largest absolute Gasteiger partial charge is 0.345 e. The van der Waals surface area contributed by atoms with Crippen molar-refractivity contribution in [2.45, 2.75) is 38.1 Å². The van der Waals surface area contributed by atoms with Crippen molar-refractivity contribution in [3.8, 4) is 0 Å². The zero-order valence-electron chi connectivity index (χ0n) is 14.4. The molecule has 4 rings (SSSR count). The van der Waals surface area contributed by atoms with E-state index in [4.69, 9.17) is 0 Å². The number of hydrogen-bond acceptors (Lipinski definition) is 3.